The highest BCUT2D eigenvalue weighted by molar-refractivity contribution is 8.14. The van der Waals surface area contributed by atoms with E-state index in [1.54, 1.807) is 38.1 Å². The summed E-state index contributed by atoms with van der Waals surface area (Å²) in [5, 5.41) is 2.04. The van der Waals surface area contributed by atoms with Crippen molar-refractivity contribution in [1.82, 2.24) is 10.0 Å². The molecule has 0 N–H and O–H groups in total. The Balaban J connectivity index is 2.06. The zero-order valence-electron chi connectivity index (χ0n) is 13.6. The van der Waals surface area contributed by atoms with Crippen molar-refractivity contribution in [2.24, 2.45) is 0 Å². The number of hydrogen-bond acceptors (Lipinski definition) is 6. The minimum atomic E-state index is -0.624. The zero-order chi connectivity index (χ0) is 17.5. The van der Waals surface area contributed by atoms with Gasteiger partial charge in [-0.1, -0.05) is 42.1 Å². The van der Waals surface area contributed by atoms with E-state index in [-0.39, 0.29) is 36.7 Å². The van der Waals surface area contributed by atoms with E-state index in [1.165, 1.54) is 10.0 Å². The molecule has 1 aromatic rings. The Hall–Kier alpha value is -2.22. The number of carbonyl (C=O) groups excluding carboxylic acids is 3. The molecule has 1 aliphatic rings. The van der Waals surface area contributed by atoms with Crippen LogP contribution in [0.15, 0.2) is 30.3 Å². The summed E-state index contributed by atoms with van der Waals surface area (Å²) < 4.78 is 9.93. The second-order valence-electron chi connectivity index (χ2n) is 4.96. The average Bonchev–Trinajstić information content (AvgIpc) is 3.00. The minimum absolute atomic E-state index is 0.102. The van der Waals surface area contributed by atoms with Crippen LogP contribution in [-0.2, 0) is 9.47 Å². The van der Waals surface area contributed by atoms with Crippen LogP contribution in [0, 0.1) is 0 Å². The normalized spacial score (nSPS) is 14.6. The maximum atomic E-state index is 12.3. The van der Waals surface area contributed by atoms with Crippen LogP contribution >= 0.6 is 11.8 Å². The highest BCUT2D eigenvalue weighted by Gasteiger charge is 2.39. The molecule has 1 aliphatic heterocycles. The molecular weight excluding hydrogens is 332 g/mol. The molecule has 130 valence electrons. The maximum absolute atomic E-state index is 12.3. The van der Waals surface area contributed by atoms with Gasteiger partial charge in [0.1, 0.15) is 0 Å². The van der Waals surface area contributed by atoms with Crippen molar-refractivity contribution < 1.29 is 23.9 Å². The summed E-state index contributed by atoms with van der Waals surface area (Å²) in [6.45, 7) is 4.20. The summed E-state index contributed by atoms with van der Waals surface area (Å²) >= 11 is 1.10. The number of nitrogens with zero attached hydrogens (tertiary/aromatic N) is 2. The lowest BCUT2D eigenvalue weighted by Gasteiger charge is -2.25. The van der Waals surface area contributed by atoms with Gasteiger partial charge in [0.25, 0.3) is 0 Å². The third-order valence-electron chi connectivity index (χ3n) is 3.28. The highest BCUT2D eigenvalue weighted by atomic mass is 32.2. The summed E-state index contributed by atoms with van der Waals surface area (Å²) in [4.78, 5) is 36.4. The van der Waals surface area contributed by atoms with Gasteiger partial charge in [0.15, 0.2) is 0 Å². The number of amides is 2. The van der Waals surface area contributed by atoms with E-state index in [4.69, 9.17) is 9.47 Å². The average molecular weight is 352 g/mol. The summed E-state index contributed by atoms with van der Waals surface area (Å²) in [5.41, 5.74) is 0.583. The third-order valence-corrected chi connectivity index (χ3v) is 4.37. The van der Waals surface area contributed by atoms with Crippen LogP contribution in [0.4, 0.5) is 9.59 Å². The van der Waals surface area contributed by atoms with Gasteiger partial charge in [0.2, 0.25) is 5.12 Å². The van der Waals surface area contributed by atoms with E-state index in [0.29, 0.717) is 5.56 Å². The van der Waals surface area contributed by atoms with E-state index < -0.39 is 12.2 Å². The van der Waals surface area contributed by atoms with Crippen LogP contribution in [0.3, 0.4) is 0 Å². The summed E-state index contributed by atoms with van der Waals surface area (Å²) in [5.74, 6) is 0. The summed E-state index contributed by atoms with van der Waals surface area (Å²) in [6, 6.07) is 8.88. The molecule has 0 saturated carbocycles. The van der Waals surface area contributed by atoms with Crippen LogP contribution in [0.1, 0.15) is 24.2 Å². The molecule has 2 amide bonds. The van der Waals surface area contributed by atoms with Gasteiger partial charge in [-0.2, -0.15) is 0 Å². The molecule has 0 aliphatic carbocycles. The third kappa shape index (κ3) is 4.41. The summed E-state index contributed by atoms with van der Waals surface area (Å²) in [7, 11) is 0. The molecule has 1 aromatic carbocycles. The molecule has 0 atom stereocenters. The number of benzene rings is 1. The van der Waals surface area contributed by atoms with Crippen molar-refractivity contribution in [2.75, 3.05) is 26.3 Å². The van der Waals surface area contributed by atoms with E-state index in [1.807, 2.05) is 6.07 Å². The predicted octanol–water partition coefficient (Wildman–Crippen LogP) is 2.77. The fourth-order valence-electron chi connectivity index (χ4n) is 2.25. The molecule has 0 unspecified atom stereocenters. The van der Waals surface area contributed by atoms with Crippen LogP contribution in [0.25, 0.3) is 0 Å². The van der Waals surface area contributed by atoms with Crippen LogP contribution < -0.4 is 0 Å². The molecule has 0 spiro atoms. The van der Waals surface area contributed by atoms with Crippen LogP contribution in [0.5, 0.6) is 0 Å². The SMILES string of the molecule is CCOC(=O)N1CC(SC(=O)c2ccccc2)CN1C(=O)OCC. The van der Waals surface area contributed by atoms with Crippen LogP contribution in [-0.4, -0.2) is 58.9 Å². The van der Waals surface area contributed by atoms with Gasteiger partial charge in [-0.15, -0.1) is 0 Å². The number of hydrogen-bond donors (Lipinski definition) is 0. The standard InChI is InChI=1S/C16H20N2O5S/c1-3-22-15(20)17-10-13(11-18(17)16(21)23-4-2)24-14(19)12-8-6-5-7-9-12/h5-9,13H,3-4,10-11H2,1-2H3. The first-order chi connectivity index (χ1) is 11.6. The number of thioether (sulfide) groups is 1. The van der Waals surface area contributed by atoms with Gasteiger partial charge < -0.3 is 9.47 Å². The van der Waals surface area contributed by atoms with Crippen molar-refractivity contribution >= 4 is 29.1 Å². The Morgan fingerprint density at radius 1 is 1.00 bits per heavy atom. The largest absolute Gasteiger partial charge is 0.448 e. The lowest BCUT2D eigenvalue weighted by molar-refractivity contribution is 0.00922. The van der Waals surface area contributed by atoms with Crippen LogP contribution in [0.2, 0.25) is 0 Å². The van der Waals surface area contributed by atoms with Crippen molar-refractivity contribution in [3.05, 3.63) is 35.9 Å². The van der Waals surface area contributed by atoms with E-state index in [9.17, 15) is 14.4 Å². The van der Waals surface area contributed by atoms with Gasteiger partial charge in [-0.25, -0.2) is 19.6 Å². The lowest BCUT2D eigenvalue weighted by Crippen LogP contribution is -2.45. The van der Waals surface area contributed by atoms with E-state index in [0.717, 1.165) is 11.8 Å². The minimum Gasteiger partial charge on any atom is -0.448 e. The molecule has 0 aromatic heterocycles. The molecule has 0 radical (unpaired) electrons. The molecular formula is C16H20N2O5S. The Labute approximate surface area is 144 Å². The fraction of sp³-hybridized carbons (Fsp3) is 0.438. The molecule has 0 bridgehead atoms. The Morgan fingerprint density at radius 3 is 1.96 bits per heavy atom. The topological polar surface area (TPSA) is 76.2 Å². The van der Waals surface area contributed by atoms with Crippen molar-refractivity contribution in [1.29, 1.82) is 0 Å². The second kappa shape index (κ2) is 8.58. The zero-order valence-corrected chi connectivity index (χ0v) is 14.5. The first kappa shape index (κ1) is 18.1. The van der Waals surface area contributed by atoms with Gasteiger partial charge in [0, 0.05) is 5.56 Å². The number of ether oxygens (including phenoxy) is 2. The van der Waals surface area contributed by atoms with Gasteiger partial charge in [-0.3, -0.25) is 4.79 Å². The van der Waals surface area contributed by atoms with E-state index >= 15 is 0 Å². The molecule has 1 fully saturated rings. The molecule has 2 rings (SSSR count). The number of carbonyl (C=O) groups is 3. The molecule has 8 heteroatoms. The monoisotopic (exact) mass is 352 g/mol. The Morgan fingerprint density at radius 2 is 1.50 bits per heavy atom. The number of rotatable bonds is 4. The van der Waals surface area contributed by atoms with Gasteiger partial charge in [-0.05, 0) is 13.8 Å². The van der Waals surface area contributed by atoms with Gasteiger partial charge in [0.05, 0.1) is 31.6 Å². The first-order valence-electron chi connectivity index (χ1n) is 7.71. The molecule has 1 saturated heterocycles. The summed E-state index contributed by atoms with van der Waals surface area (Å²) in [6.07, 6.45) is -1.25. The second-order valence-corrected chi connectivity index (χ2v) is 6.23. The van der Waals surface area contributed by atoms with E-state index in [2.05, 4.69) is 0 Å². The molecule has 7 nitrogen and oxygen atoms in total. The van der Waals surface area contributed by atoms with Crippen molar-refractivity contribution in [3.63, 3.8) is 0 Å². The van der Waals surface area contributed by atoms with Crippen molar-refractivity contribution in [3.8, 4) is 0 Å². The quantitative estimate of drug-likeness (QED) is 0.829. The first-order valence-corrected chi connectivity index (χ1v) is 8.59. The molecule has 24 heavy (non-hydrogen) atoms. The Bertz CT molecular complexity index is 569. The maximum Gasteiger partial charge on any atom is 0.428 e. The smallest absolute Gasteiger partial charge is 0.428 e. The fourth-order valence-corrected chi connectivity index (χ4v) is 3.26. The Kier molecular flexibility index (Phi) is 6.48. The molecule has 1 heterocycles. The van der Waals surface area contributed by atoms with Crippen molar-refractivity contribution in [2.45, 2.75) is 19.1 Å². The predicted molar refractivity (Wildman–Crippen MR) is 89.6 cm³/mol. The highest BCUT2D eigenvalue weighted by Crippen LogP contribution is 2.26. The lowest BCUT2D eigenvalue weighted by atomic mass is 10.2. The number of hydrazine groups is 1. The van der Waals surface area contributed by atoms with Gasteiger partial charge >= 0.3 is 12.2 Å².